The van der Waals surface area contributed by atoms with Gasteiger partial charge in [0.2, 0.25) is 10.0 Å². The quantitative estimate of drug-likeness (QED) is 0.522. The first kappa shape index (κ1) is 22.0. The lowest BCUT2D eigenvalue weighted by Crippen LogP contribution is -2.25. The first-order valence-electron chi connectivity index (χ1n) is 9.32. The molecule has 3 aromatic rings. The Hall–Kier alpha value is -3.72. The normalized spacial score (nSPS) is 10.9. The van der Waals surface area contributed by atoms with Crippen LogP contribution in [-0.4, -0.2) is 32.4 Å². The third-order valence-electron chi connectivity index (χ3n) is 4.34. The van der Waals surface area contributed by atoms with Crippen molar-refractivity contribution < 1.29 is 22.7 Å². The van der Waals surface area contributed by atoms with E-state index in [1.165, 1.54) is 37.4 Å². The van der Waals surface area contributed by atoms with Gasteiger partial charge in [-0.3, -0.25) is 14.5 Å². The molecule has 0 saturated heterocycles. The average Bonchev–Trinajstić information content (AvgIpc) is 2.78. The third kappa shape index (κ3) is 6.13. The Kier molecular flexibility index (Phi) is 6.99. The van der Waals surface area contributed by atoms with Crippen LogP contribution in [0, 0.1) is 0 Å². The van der Waals surface area contributed by atoms with Crippen LogP contribution in [0.2, 0.25) is 0 Å². The second kappa shape index (κ2) is 9.86. The molecule has 0 spiro atoms. The number of carbonyl (C=O) groups excluding carboxylic acids is 2. The molecule has 1 aromatic heterocycles. The Morgan fingerprint density at radius 1 is 0.968 bits per heavy atom. The summed E-state index contributed by atoms with van der Waals surface area (Å²) in [6.07, 6.45) is 3.28. The van der Waals surface area contributed by atoms with E-state index in [0.717, 1.165) is 5.56 Å². The number of methoxy groups -OCH3 is 1. The number of hydrogen-bond donors (Lipinski definition) is 2. The van der Waals surface area contributed by atoms with Gasteiger partial charge in [0.1, 0.15) is 0 Å². The molecular formula is C22H21N3O5S. The van der Waals surface area contributed by atoms with Crippen LogP contribution in [0.1, 0.15) is 31.8 Å². The predicted molar refractivity (Wildman–Crippen MR) is 116 cm³/mol. The van der Waals surface area contributed by atoms with Gasteiger partial charge in [0.05, 0.1) is 29.7 Å². The van der Waals surface area contributed by atoms with Crippen LogP contribution in [0.15, 0.2) is 73.1 Å². The SMILES string of the molecule is COC(=O)c1ccc(CS(=O)(=O)Nc2ccccc2C(=O)NCc2cccnc2)cc1. The number of carbonyl (C=O) groups is 2. The molecule has 0 bridgehead atoms. The van der Waals surface area contributed by atoms with Crippen molar-refractivity contribution in [2.45, 2.75) is 12.3 Å². The molecule has 0 saturated carbocycles. The zero-order valence-electron chi connectivity index (χ0n) is 16.7. The summed E-state index contributed by atoms with van der Waals surface area (Å²) in [7, 11) is -2.53. The summed E-state index contributed by atoms with van der Waals surface area (Å²) >= 11 is 0. The van der Waals surface area contributed by atoms with E-state index < -0.39 is 21.9 Å². The molecule has 2 aromatic carbocycles. The fourth-order valence-electron chi connectivity index (χ4n) is 2.83. The number of pyridine rings is 1. The van der Waals surface area contributed by atoms with E-state index in [4.69, 9.17) is 0 Å². The summed E-state index contributed by atoms with van der Waals surface area (Å²) in [5.74, 6) is -1.23. The third-order valence-corrected chi connectivity index (χ3v) is 5.59. The molecule has 160 valence electrons. The van der Waals surface area contributed by atoms with Crippen LogP contribution in [0.25, 0.3) is 0 Å². The molecule has 0 atom stereocenters. The fraction of sp³-hybridized carbons (Fsp3) is 0.136. The number of esters is 1. The standard InChI is InChI=1S/C22H21N3O5S/c1-30-22(27)18-10-8-16(9-11-18)15-31(28,29)25-20-7-3-2-6-19(20)21(26)24-14-17-5-4-12-23-13-17/h2-13,25H,14-15H2,1H3,(H,24,26). The molecule has 8 nitrogen and oxygen atoms in total. The van der Waals surface area contributed by atoms with Gasteiger partial charge in [0.25, 0.3) is 5.91 Å². The summed E-state index contributed by atoms with van der Waals surface area (Å²) < 4.78 is 32.4. The maximum atomic E-state index is 12.7. The zero-order chi connectivity index (χ0) is 22.3. The van der Waals surface area contributed by atoms with Gasteiger partial charge >= 0.3 is 5.97 Å². The molecule has 2 N–H and O–H groups in total. The smallest absolute Gasteiger partial charge is 0.337 e. The van der Waals surface area contributed by atoms with Crippen molar-refractivity contribution in [1.82, 2.24) is 10.3 Å². The van der Waals surface area contributed by atoms with E-state index in [1.807, 2.05) is 6.07 Å². The molecule has 1 amide bonds. The number of nitrogens with zero attached hydrogens (tertiary/aromatic N) is 1. The van der Waals surface area contributed by atoms with Gasteiger partial charge in [-0.1, -0.05) is 30.3 Å². The lowest BCUT2D eigenvalue weighted by Gasteiger charge is -2.13. The molecule has 0 aliphatic heterocycles. The van der Waals surface area contributed by atoms with Crippen molar-refractivity contribution in [3.8, 4) is 0 Å². The molecule has 9 heteroatoms. The summed E-state index contributed by atoms with van der Waals surface area (Å²) in [6.45, 7) is 0.264. The lowest BCUT2D eigenvalue weighted by atomic mass is 10.1. The summed E-state index contributed by atoms with van der Waals surface area (Å²) in [5.41, 5.74) is 2.02. The number of amides is 1. The number of ether oxygens (including phenoxy) is 1. The number of sulfonamides is 1. The van der Waals surface area contributed by atoms with Gasteiger partial charge in [-0.2, -0.15) is 0 Å². The van der Waals surface area contributed by atoms with Crippen LogP contribution in [-0.2, 0) is 27.1 Å². The minimum Gasteiger partial charge on any atom is -0.465 e. The van der Waals surface area contributed by atoms with E-state index in [0.29, 0.717) is 11.1 Å². The van der Waals surface area contributed by atoms with E-state index in [9.17, 15) is 18.0 Å². The van der Waals surface area contributed by atoms with Crippen molar-refractivity contribution in [3.05, 3.63) is 95.3 Å². The minimum absolute atomic E-state index is 0.178. The van der Waals surface area contributed by atoms with Gasteiger partial charge in [-0.25, -0.2) is 13.2 Å². The van der Waals surface area contributed by atoms with Crippen LogP contribution >= 0.6 is 0 Å². The number of rotatable bonds is 8. The van der Waals surface area contributed by atoms with Crippen molar-refractivity contribution in [2.24, 2.45) is 0 Å². The molecule has 0 unspecified atom stereocenters. The van der Waals surface area contributed by atoms with E-state index in [-0.39, 0.29) is 23.5 Å². The molecule has 0 aliphatic carbocycles. The van der Waals surface area contributed by atoms with Crippen LogP contribution in [0.3, 0.4) is 0 Å². The molecular weight excluding hydrogens is 418 g/mol. The second-order valence-corrected chi connectivity index (χ2v) is 8.36. The van der Waals surface area contributed by atoms with E-state index in [2.05, 4.69) is 19.8 Å². The van der Waals surface area contributed by atoms with Crippen molar-refractivity contribution in [2.75, 3.05) is 11.8 Å². The molecule has 0 aliphatic rings. The maximum absolute atomic E-state index is 12.7. The van der Waals surface area contributed by atoms with Gasteiger partial charge in [0, 0.05) is 18.9 Å². The highest BCUT2D eigenvalue weighted by atomic mass is 32.2. The number of hydrogen-bond acceptors (Lipinski definition) is 6. The highest BCUT2D eigenvalue weighted by Crippen LogP contribution is 2.19. The first-order chi connectivity index (χ1) is 14.9. The van der Waals surface area contributed by atoms with Gasteiger partial charge in [-0.05, 0) is 41.5 Å². The van der Waals surface area contributed by atoms with Gasteiger partial charge < -0.3 is 10.1 Å². The first-order valence-corrected chi connectivity index (χ1v) is 11.0. The Labute approximate surface area is 180 Å². The summed E-state index contributed by atoms with van der Waals surface area (Å²) in [5, 5.41) is 2.76. The Balaban J connectivity index is 1.70. The number of para-hydroxylation sites is 1. The molecule has 0 fully saturated rings. The predicted octanol–water partition coefficient (Wildman–Crippen LogP) is 2.74. The highest BCUT2D eigenvalue weighted by Gasteiger charge is 2.17. The number of nitrogens with one attached hydrogen (secondary N) is 2. The zero-order valence-corrected chi connectivity index (χ0v) is 17.6. The lowest BCUT2D eigenvalue weighted by molar-refractivity contribution is 0.0600. The van der Waals surface area contributed by atoms with Gasteiger partial charge in [-0.15, -0.1) is 0 Å². The number of aromatic nitrogens is 1. The average molecular weight is 439 g/mol. The Morgan fingerprint density at radius 3 is 2.39 bits per heavy atom. The summed E-state index contributed by atoms with van der Waals surface area (Å²) in [6, 6.07) is 16.0. The largest absolute Gasteiger partial charge is 0.465 e. The molecule has 1 heterocycles. The summed E-state index contributed by atoms with van der Waals surface area (Å²) in [4.78, 5) is 28.1. The second-order valence-electron chi connectivity index (χ2n) is 6.64. The van der Waals surface area contributed by atoms with Crippen LogP contribution in [0.4, 0.5) is 5.69 Å². The molecule has 31 heavy (non-hydrogen) atoms. The van der Waals surface area contributed by atoms with Crippen molar-refractivity contribution >= 4 is 27.6 Å². The number of anilines is 1. The Morgan fingerprint density at radius 2 is 1.71 bits per heavy atom. The maximum Gasteiger partial charge on any atom is 0.337 e. The highest BCUT2D eigenvalue weighted by molar-refractivity contribution is 7.91. The van der Waals surface area contributed by atoms with Crippen LogP contribution < -0.4 is 10.0 Å². The van der Waals surface area contributed by atoms with E-state index >= 15 is 0 Å². The fourth-order valence-corrected chi connectivity index (χ4v) is 4.04. The molecule has 3 rings (SSSR count). The van der Waals surface area contributed by atoms with Crippen molar-refractivity contribution in [3.63, 3.8) is 0 Å². The minimum atomic E-state index is -3.81. The van der Waals surface area contributed by atoms with Crippen LogP contribution in [0.5, 0.6) is 0 Å². The van der Waals surface area contributed by atoms with Gasteiger partial charge in [0.15, 0.2) is 0 Å². The molecule has 0 radical (unpaired) electrons. The topological polar surface area (TPSA) is 114 Å². The Bertz CT molecular complexity index is 1160. The van der Waals surface area contributed by atoms with Crippen molar-refractivity contribution in [1.29, 1.82) is 0 Å². The number of benzene rings is 2. The van der Waals surface area contributed by atoms with E-state index in [1.54, 1.807) is 36.7 Å². The monoisotopic (exact) mass is 439 g/mol.